The van der Waals surface area contributed by atoms with E-state index in [2.05, 4.69) is 14.8 Å². The fourth-order valence-electron chi connectivity index (χ4n) is 5.45. The summed E-state index contributed by atoms with van der Waals surface area (Å²) in [6.07, 6.45) is 7.59. The van der Waals surface area contributed by atoms with Gasteiger partial charge in [-0.25, -0.2) is 0 Å². The predicted molar refractivity (Wildman–Crippen MR) is 113 cm³/mol. The van der Waals surface area contributed by atoms with Gasteiger partial charge in [0, 0.05) is 38.9 Å². The average Bonchev–Trinajstić information content (AvgIpc) is 3.35. The van der Waals surface area contributed by atoms with Gasteiger partial charge >= 0.3 is 0 Å². The van der Waals surface area contributed by atoms with Gasteiger partial charge in [0.15, 0.2) is 0 Å². The van der Waals surface area contributed by atoms with Crippen molar-refractivity contribution in [2.75, 3.05) is 26.2 Å². The summed E-state index contributed by atoms with van der Waals surface area (Å²) >= 11 is 0. The SMILES string of the molecule is N#Cc1cc(CN2CC(C3CCCN(C(=O)c4[nH]cc5c4CCC5)C3)C2)ccc1O. The molecule has 0 radical (unpaired) electrons. The monoisotopic (exact) mass is 404 g/mol. The fraction of sp³-hybridized carbons (Fsp3) is 0.500. The quantitative estimate of drug-likeness (QED) is 0.820. The standard InChI is InChI=1S/C24H28N4O2/c25-10-19-9-16(6-7-22(19)29)12-27-13-20(14-27)18-4-2-8-28(15-18)24(30)23-21-5-1-3-17(21)11-26-23/h6-7,9,11,18,20,26,29H,1-5,8,12-15H2. The molecule has 1 aromatic heterocycles. The van der Waals surface area contributed by atoms with Gasteiger partial charge in [-0.05, 0) is 72.8 Å². The first-order valence-electron chi connectivity index (χ1n) is 11.0. The molecule has 1 aromatic carbocycles. The van der Waals surface area contributed by atoms with Gasteiger partial charge in [-0.3, -0.25) is 9.69 Å². The Bertz CT molecular complexity index is 999. The number of phenols is 1. The van der Waals surface area contributed by atoms with Crippen LogP contribution in [0, 0.1) is 23.2 Å². The molecule has 1 unspecified atom stereocenters. The highest BCUT2D eigenvalue weighted by Gasteiger charge is 2.37. The Balaban J connectivity index is 1.17. The fourth-order valence-corrected chi connectivity index (χ4v) is 5.45. The molecule has 2 N–H and O–H groups in total. The number of nitrogens with one attached hydrogen (secondary N) is 1. The Hall–Kier alpha value is -2.78. The lowest BCUT2D eigenvalue weighted by Gasteiger charge is -2.46. The van der Waals surface area contributed by atoms with Crippen molar-refractivity contribution in [3.8, 4) is 11.8 Å². The first-order chi connectivity index (χ1) is 14.6. The summed E-state index contributed by atoms with van der Waals surface area (Å²) in [6.45, 7) is 4.60. The number of rotatable bonds is 4. The summed E-state index contributed by atoms with van der Waals surface area (Å²) in [4.78, 5) is 20.8. The molecule has 6 heteroatoms. The van der Waals surface area contributed by atoms with Crippen molar-refractivity contribution in [1.29, 1.82) is 5.26 Å². The van der Waals surface area contributed by atoms with Gasteiger partial charge < -0.3 is 15.0 Å². The highest BCUT2D eigenvalue weighted by molar-refractivity contribution is 5.94. The Morgan fingerprint density at radius 1 is 1.20 bits per heavy atom. The Morgan fingerprint density at radius 2 is 2.07 bits per heavy atom. The number of benzene rings is 1. The van der Waals surface area contributed by atoms with Crippen LogP contribution in [0.25, 0.3) is 0 Å². The molecule has 6 nitrogen and oxygen atoms in total. The molecular formula is C24H28N4O2. The van der Waals surface area contributed by atoms with Crippen molar-refractivity contribution in [3.05, 3.63) is 52.3 Å². The number of fused-ring (bicyclic) bond motifs is 1. The number of hydrogen-bond acceptors (Lipinski definition) is 4. The van der Waals surface area contributed by atoms with Gasteiger partial charge in [-0.15, -0.1) is 0 Å². The number of H-pyrrole nitrogens is 1. The normalized spacial score (nSPS) is 21.8. The summed E-state index contributed by atoms with van der Waals surface area (Å²) in [6, 6.07) is 7.31. The van der Waals surface area contributed by atoms with Crippen LogP contribution in [-0.4, -0.2) is 52.0 Å². The average molecular weight is 405 g/mol. The number of phenolic OH excluding ortho intramolecular Hbond substituents is 1. The van der Waals surface area contributed by atoms with Crippen molar-refractivity contribution in [2.45, 2.75) is 38.6 Å². The molecule has 2 fully saturated rings. The number of aromatic hydroxyl groups is 1. The number of aromatic nitrogens is 1. The number of nitriles is 1. The molecule has 0 bridgehead atoms. The minimum Gasteiger partial charge on any atom is -0.507 e. The van der Waals surface area contributed by atoms with Crippen molar-refractivity contribution in [2.24, 2.45) is 11.8 Å². The molecule has 2 aliphatic heterocycles. The Labute approximate surface area is 177 Å². The second-order valence-electron chi connectivity index (χ2n) is 9.09. The lowest BCUT2D eigenvalue weighted by Crippen LogP contribution is -2.53. The van der Waals surface area contributed by atoms with Crippen LogP contribution >= 0.6 is 0 Å². The zero-order chi connectivity index (χ0) is 20.7. The second-order valence-corrected chi connectivity index (χ2v) is 9.09. The third-order valence-corrected chi connectivity index (χ3v) is 7.15. The molecule has 5 rings (SSSR count). The van der Waals surface area contributed by atoms with Crippen LogP contribution in [0.5, 0.6) is 5.75 Å². The van der Waals surface area contributed by atoms with E-state index >= 15 is 0 Å². The minimum absolute atomic E-state index is 0.0439. The van der Waals surface area contributed by atoms with E-state index in [9.17, 15) is 9.90 Å². The van der Waals surface area contributed by atoms with Crippen molar-refractivity contribution in [1.82, 2.24) is 14.8 Å². The van der Waals surface area contributed by atoms with E-state index in [1.54, 1.807) is 12.1 Å². The van der Waals surface area contributed by atoms with Crippen LogP contribution in [0.2, 0.25) is 0 Å². The van der Waals surface area contributed by atoms with Crippen LogP contribution in [0.3, 0.4) is 0 Å². The lowest BCUT2D eigenvalue weighted by molar-refractivity contribution is 0.0168. The van der Waals surface area contributed by atoms with E-state index in [1.165, 1.54) is 17.5 Å². The molecule has 3 heterocycles. The topological polar surface area (TPSA) is 83.4 Å². The molecule has 0 spiro atoms. The third kappa shape index (κ3) is 3.48. The molecule has 2 saturated heterocycles. The summed E-state index contributed by atoms with van der Waals surface area (Å²) in [5.41, 5.74) is 4.81. The van der Waals surface area contributed by atoms with Crippen molar-refractivity contribution >= 4 is 5.91 Å². The van der Waals surface area contributed by atoms with Gasteiger partial charge in [0.1, 0.15) is 17.5 Å². The van der Waals surface area contributed by atoms with Gasteiger partial charge in [0.05, 0.1) is 5.56 Å². The van der Waals surface area contributed by atoms with Crippen LogP contribution in [0.1, 0.15) is 52.0 Å². The Morgan fingerprint density at radius 3 is 2.90 bits per heavy atom. The van der Waals surface area contributed by atoms with E-state index in [1.807, 2.05) is 18.3 Å². The summed E-state index contributed by atoms with van der Waals surface area (Å²) in [7, 11) is 0. The molecule has 3 aliphatic rings. The maximum Gasteiger partial charge on any atom is 0.270 e. The molecule has 0 saturated carbocycles. The highest BCUT2D eigenvalue weighted by Crippen LogP contribution is 2.33. The molecule has 1 amide bonds. The number of aryl methyl sites for hydroxylation is 1. The maximum absolute atomic E-state index is 13.1. The number of carbonyl (C=O) groups is 1. The van der Waals surface area contributed by atoms with E-state index in [0.717, 1.165) is 69.7 Å². The van der Waals surface area contributed by atoms with Crippen LogP contribution < -0.4 is 0 Å². The molecule has 1 aliphatic carbocycles. The zero-order valence-electron chi connectivity index (χ0n) is 17.2. The largest absolute Gasteiger partial charge is 0.507 e. The number of piperidine rings is 1. The summed E-state index contributed by atoms with van der Waals surface area (Å²) in [5, 5.41) is 18.8. The van der Waals surface area contributed by atoms with Gasteiger partial charge in [-0.2, -0.15) is 5.26 Å². The number of aromatic amines is 1. The molecule has 30 heavy (non-hydrogen) atoms. The van der Waals surface area contributed by atoms with E-state index in [4.69, 9.17) is 5.26 Å². The zero-order valence-corrected chi connectivity index (χ0v) is 17.2. The summed E-state index contributed by atoms with van der Waals surface area (Å²) in [5.74, 6) is 1.42. The smallest absolute Gasteiger partial charge is 0.270 e. The van der Waals surface area contributed by atoms with Crippen LogP contribution in [0.15, 0.2) is 24.4 Å². The predicted octanol–water partition coefficient (Wildman–Crippen LogP) is 3.06. The van der Waals surface area contributed by atoms with Gasteiger partial charge in [0.25, 0.3) is 5.91 Å². The van der Waals surface area contributed by atoms with Crippen LogP contribution in [0.4, 0.5) is 0 Å². The van der Waals surface area contributed by atoms with E-state index < -0.39 is 0 Å². The van der Waals surface area contributed by atoms with Crippen molar-refractivity contribution in [3.63, 3.8) is 0 Å². The summed E-state index contributed by atoms with van der Waals surface area (Å²) < 4.78 is 0. The van der Waals surface area contributed by atoms with Gasteiger partial charge in [0.2, 0.25) is 0 Å². The number of likely N-dealkylation sites (tertiary alicyclic amines) is 2. The van der Waals surface area contributed by atoms with Crippen molar-refractivity contribution < 1.29 is 9.90 Å². The number of nitrogens with zero attached hydrogens (tertiary/aromatic N) is 3. The second kappa shape index (κ2) is 7.81. The Kier molecular flexibility index (Phi) is 5.00. The maximum atomic E-state index is 13.1. The van der Waals surface area contributed by atoms with Crippen LogP contribution in [-0.2, 0) is 19.4 Å². The molecule has 1 atom stereocenters. The highest BCUT2D eigenvalue weighted by atomic mass is 16.3. The molecule has 2 aromatic rings. The molecule has 156 valence electrons. The number of carbonyl (C=O) groups excluding carboxylic acids is 1. The first kappa shape index (κ1) is 19.2. The number of hydrogen-bond donors (Lipinski definition) is 2. The third-order valence-electron chi connectivity index (χ3n) is 7.15. The lowest BCUT2D eigenvalue weighted by atomic mass is 9.80. The minimum atomic E-state index is 0.0439. The van der Waals surface area contributed by atoms with E-state index in [-0.39, 0.29) is 11.7 Å². The van der Waals surface area contributed by atoms with E-state index in [0.29, 0.717) is 17.4 Å². The van der Waals surface area contributed by atoms with Gasteiger partial charge in [-0.1, -0.05) is 6.07 Å². The molecular weight excluding hydrogens is 376 g/mol. The first-order valence-corrected chi connectivity index (χ1v) is 11.0. The number of amides is 1.